The molecule has 0 saturated carbocycles. The summed E-state index contributed by atoms with van der Waals surface area (Å²) in [6, 6.07) is 4.94. The third-order valence-electron chi connectivity index (χ3n) is 5.25. The standard InChI is InChI=1S/C20H25N7O6.Na/c1-27-12(9-23-16-15(27)18(31)26-20(21)25-16)8-22-11-4-2-10(3-5-11)17(30)24-13(19(32)33)6-7-14(28)29;/h2-5,12-13,22H,6-9H2,1H3,(H,24,30)(H,28,29)(H,32,33)(H4,21,23,25,26,31);/q;+1/p-1/t12-,13?;/m0./s1. The number of hydrogen-bond donors (Lipinski definition) is 6. The number of nitrogen functional groups attached to an aromatic ring is 1. The number of carbonyl (C=O) groups excluding carboxylic acids is 2. The third kappa shape index (κ3) is 6.62. The Balaban J connectivity index is 0.00000408. The van der Waals surface area contributed by atoms with E-state index in [1.54, 1.807) is 19.2 Å². The molecule has 0 saturated heterocycles. The van der Waals surface area contributed by atoms with Crippen molar-refractivity contribution in [2.24, 2.45) is 0 Å². The topological polar surface area (TPSA) is 206 Å². The van der Waals surface area contributed by atoms with Gasteiger partial charge >= 0.3 is 35.5 Å². The molecule has 0 radical (unpaired) electrons. The number of aliphatic carboxylic acids is 2. The number of aromatic nitrogens is 2. The summed E-state index contributed by atoms with van der Waals surface area (Å²) in [5.74, 6) is -2.89. The molecule has 1 aromatic heterocycles. The first-order valence-corrected chi connectivity index (χ1v) is 10.1. The van der Waals surface area contributed by atoms with Crippen molar-refractivity contribution in [2.45, 2.75) is 24.9 Å². The Kier molecular flexibility index (Phi) is 9.29. The van der Waals surface area contributed by atoms with Gasteiger partial charge in [0.15, 0.2) is 5.82 Å². The number of H-pyrrole nitrogens is 1. The summed E-state index contributed by atoms with van der Waals surface area (Å²) in [6.45, 7) is 0.998. The number of carboxylic acid groups (broad SMARTS) is 2. The number of rotatable bonds is 9. The van der Waals surface area contributed by atoms with Crippen molar-refractivity contribution in [2.75, 3.05) is 41.4 Å². The molecular formula is C20H24N7NaO6. The number of fused-ring (bicyclic) bond motifs is 1. The van der Waals surface area contributed by atoms with Crippen molar-refractivity contribution in [1.82, 2.24) is 15.3 Å². The molecule has 7 N–H and O–H groups in total. The molecule has 1 unspecified atom stereocenters. The zero-order valence-electron chi connectivity index (χ0n) is 18.8. The molecule has 34 heavy (non-hydrogen) atoms. The van der Waals surface area contributed by atoms with E-state index in [1.807, 2.05) is 4.90 Å². The summed E-state index contributed by atoms with van der Waals surface area (Å²) in [5, 5.41) is 28.3. The van der Waals surface area contributed by atoms with Gasteiger partial charge in [-0.25, -0.2) is 4.79 Å². The van der Waals surface area contributed by atoms with E-state index in [-0.39, 0.29) is 59.1 Å². The van der Waals surface area contributed by atoms with E-state index >= 15 is 0 Å². The van der Waals surface area contributed by atoms with Gasteiger partial charge in [-0.05, 0) is 37.1 Å². The van der Waals surface area contributed by atoms with E-state index in [0.717, 1.165) is 0 Å². The number of likely N-dealkylation sites (N-methyl/N-ethyl adjacent to an activating group) is 1. The molecule has 0 bridgehead atoms. The van der Waals surface area contributed by atoms with Crippen LogP contribution in [-0.4, -0.2) is 65.1 Å². The van der Waals surface area contributed by atoms with E-state index in [0.29, 0.717) is 30.3 Å². The van der Waals surface area contributed by atoms with Crippen molar-refractivity contribution in [1.29, 1.82) is 0 Å². The van der Waals surface area contributed by atoms with E-state index in [1.165, 1.54) is 12.1 Å². The summed E-state index contributed by atoms with van der Waals surface area (Å²) in [4.78, 5) is 54.7. The fourth-order valence-corrected chi connectivity index (χ4v) is 3.41. The Labute approximate surface area is 216 Å². The van der Waals surface area contributed by atoms with Crippen LogP contribution in [0.15, 0.2) is 29.1 Å². The van der Waals surface area contributed by atoms with Crippen LogP contribution in [0.5, 0.6) is 0 Å². The number of carboxylic acids is 2. The maximum atomic E-state index is 12.3. The fourth-order valence-electron chi connectivity index (χ4n) is 3.41. The van der Waals surface area contributed by atoms with Crippen LogP contribution >= 0.6 is 0 Å². The average Bonchev–Trinajstić information content (AvgIpc) is 2.75. The van der Waals surface area contributed by atoms with Crippen LogP contribution in [0.4, 0.5) is 23.1 Å². The zero-order valence-corrected chi connectivity index (χ0v) is 20.8. The zero-order chi connectivity index (χ0) is 24.1. The maximum absolute atomic E-state index is 12.3. The van der Waals surface area contributed by atoms with Crippen molar-refractivity contribution in [3.05, 3.63) is 40.2 Å². The van der Waals surface area contributed by atoms with Gasteiger partial charge in [0, 0.05) is 37.4 Å². The smallest absolute Gasteiger partial charge is 0.550 e. The number of amides is 1. The molecule has 3 rings (SSSR count). The molecule has 1 aliphatic rings. The second-order valence-corrected chi connectivity index (χ2v) is 7.53. The minimum absolute atomic E-state index is 0. The number of nitrogens with zero attached hydrogens (tertiary/aromatic N) is 2. The molecule has 2 aromatic rings. The second kappa shape index (κ2) is 11.7. The van der Waals surface area contributed by atoms with E-state index in [9.17, 15) is 24.3 Å². The van der Waals surface area contributed by atoms with E-state index in [4.69, 9.17) is 10.8 Å². The number of benzene rings is 1. The molecular weight excluding hydrogens is 457 g/mol. The van der Waals surface area contributed by atoms with Crippen LogP contribution in [0.1, 0.15) is 23.2 Å². The minimum atomic E-state index is -1.39. The molecule has 1 aromatic carbocycles. The van der Waals surface area contributed by atoms with Crippen molar-refractivity contribution in [3.63, 3.8) is 0 Å². The van der Waals surface area contributed by atoms with Crippen molar-refractivity contribution < 1.29 is 54.2 Å². The van der Waals surface area contributed by atoms with Gasteiger partial charge in [-0.1, -0.05) is 0 Å². The van der Waals surface area contributed by atoms with Crippen LogP contribution in [0.2, 0.25) is 0 Å². The summed E-state index contributed by atoms with van der Waals surface area (Å²) in [6.07, 6.45) is -0.759. The molecule has 14 heteroatoms. The molecule has 0 spiro atoms. The van der Waals surface area contributed by atoms with Crippen molar-refractivity contribution >= 4 is 41.0 Å². The first kappa shape index (κ1) is 27.0. The molecule has 13 nitrogen and oxygen atoms in total. The molecule has 0 fully saturated rings. The Morgan fingerprint density at radius 1 is 1.32 bits per heavy atom. The molecule has 1 aliphatic heterocycles. The summed E-state index contributed by atoms with van der Waals surface area (Å²) in [7, 11) is 1.78. The molecule has 176 valence electrons. The SMILES string of the molecule is CN1c2c(nc(N)[nH]c2=O)NC[C@@H]1CNc1ccc(C(=O)NC(CCC(=O)[O-])C(=O)O)cc1.[Na+]. The van der Waals surface area contributed by atoms with Crippen LogP contribution in [0, 0.1) is 0 Å². The predicted molar refractivity (Wildman–Crippen MR) is 118 cm³/mol. The Morgan fingerprint density at radius 3 is 2.62 bits per heavy atom. The largest absolute Gasteiger partial charge is 1.00 e. The van der Waals surface area contributed by atoms with Crippen LogP contribution in [-0.2, 0) is 9.59 Å². The van der Waals surface area contributed by atoms with Gasteiger partial charge < -0.3 is 41.6 Å². The number of nitrogens with one attached hydrogen (secondary N) is 4. The van der Waals surface area contributed by atoms with Gasteiger partial charge in [0.25, 0.3) is 11.5 Å². The fraction of sp³-hybridized carbons (Fsp3) is 0.350. The normalized spacial score (nSPS) is 15.2. The number of nitrogens with two attached hydrogens (primary N) is 1. The first-order valence-electron chi connectivity index (χ1n) is 10.1. The maximum Gasteiger partial charge on any atom is 1.00 e. The summed E-state index contributed by atoms with van der Waals surface area (Å²) in [5.41, 5.74) is 6.56. The number of aromatic amines is 1. The van der Waals surface area contributed by atoms with Gasteiger partial charge in [0.05, 0.1) is 6.04 Å². The van der Waals surface area contributed by atoms with Crippen molar-refractivity contribution in [3.8, 4) is 0 Å². The van der Waals surface area contributed by atoms with Gasteiger partial charge in [-0.2, -0.15) is 4.98 Å². The number of hydrogen-bond acceptors (Lipinski definition) is 10. The quantitative estimate of drug-likeness (QED) is 0.188. The molecule has 2 heterocycles. The van der Waals surface area contributed by atoms with Gasteiger partial charge in [0.2, 0.25) is 5.95 Å². The molecule has 2 atom stereocenters. The Bertz CT molecular complexity index is 1110. The van der Waals surface area contributed by atoms with Gasteiger partial charge in [-0.3, -0.25) is 14.6 Å². The number of anilines is 4. The van der Waals surface area contributed by atoms with Crippen LogP contribution in [0.3, 0.4) is 0 Å². The first-order chi connectivity index (χ1) is 15.7. The third-order valence-corrected chi connectivity index (χ3v) is 5.25. The van der Waals surface area contributed by atoms with Crippen LogP contribution in [0.25, 0.3) is 0 Å². The second-order valence-electron chi connectivity index (χ2n) is 7.53. The average molecular weight is 481 g/mol. The Morgan fingerprint density at radius 2 is 2.00 bits per heavy atom. The summed E-state index contributed by atoms with van der Waals surface area (Å²) >= 11 is 0. The predicted octanol–water partition coefficient (Wildman–Crippen LogP) is -4.59. The monoisotopic (exact) mass is 481 g/mol. The number of carbonyl (C=O) groups is 3. The molecule has 1 amide bonds. The van der Waals surface area contributed by atoms with Crippen LogP contribution < -0.4 is 66.8 Å². The van der Waals surface area contributed by atoms with E-state index < -0.39 is 30.3 Å². The Hall–Kier alpha value is -3.29. The molecule has 0 aliphatic carbocycles. The van der Waals surface area contributed by atoms with Gasteiger partial charge in [0.1, 0.15) is 11.7 Å². The minimum Gasteiger partial charge on any atom is -0.550 e. The van der Waals surface area contributed by atoms with Gasteiger partial charge in [-0.15, -0.1) is 0 Å². The van der Waals surface area contributed by atoms with E-state index in [2.05, 4.69) is 25.9 Å². The summed E-state index contributed by atoms with van der Waals surface area (Å²) < 4.78 is 0.